The SMILES string of the molecule is CCOC(=O)Oc1ccc2cc(S(=O)(=O)C3SC(=O)NC3=O)ccc2c1. The van der Waals surface area contributed by atoms with Crippen LogP contribution in [0.15, 0.2) is 41.3 Å². The molecule has 0 saturated carbocycles. The molecule has 26 heavy (non-hydrogen) atoms. The molecule has 8 nitrogen and oxygen atoms in total. The van der Waals surface area contributed by atoms with Gasteiger partial charge in [0.15, 0.2) is 14.4 Å². The Hall–Kier alpha value is -2.59. The van der Waals surface area contributed by atoms with Gasteiger partial charge in [-0.3, -0.25) is 14.9 Å². The molecule has 0 radical (unpaired) electrons. The highest BCUT2D eigenvalue weighted by atomic mass is 32.3. The smallest absolute Gasteiger partial charge is 0.434 e. The molecule has 1 atom stereocenters. The number of sulfone groups is 1. The minimum absolute atomic E-state index is 0.0774. The highest BCUT2D eigenvalue weighted by molar-refractivity contribution is 8.24. The molecular formula is C16H13NO7S2. The molecule has 1 aliphatic rings. The standard InChI is InChI=1S/C16H13NO7S2/c1-2-23-16(20)24-11-5-3-10-8-12(6-4-9(10)7-11)26(21,22)14-13(18)17-15(19)25-14/h3-8,14H,2H2,1H3,(H,17,18,19). The number of imide groups is 1. The summed E-state index contributed by atoms with van der Waals surface area (Å²) in [5, 5.41) is 2.47. The van der Waals surface area contributed by atoms with Crippen molar-refractivity contribution < 1.29 is 32.3 Å². The van der Waals surface area contributed by atoms with Crippen molar-refractivity contribution in [3.8, 4) is 5.75 Å². The first-order valence-electron chi connectivity index (χ1n) is 7.45. The molecule has 1 saturated heterocycles. The molecular weight excluding hydrogens is 382 g/mol. The number of amides is 2. The second-order valence-electron chi connectivity index (χ2n) is 5.23. The average Bonchev–Trinajstić information content (AvgIpc) is 2.93. The summed E-state index contributed by atoms with van der Waals surface area (Å²) in [4.78, 5) is 34.2. The predicted molar refractivity (Wildman–Crippen MR) is 93.7 cm³/mol. The van der Waals surface area contributed by atoms with E-state index in [1.165, 1.54) is 24.3 Å². The van der Waals surface area contributed by atoms with Gasteiger partial charge in [0.1, 0.15) is 5.75 Å². The lowest BCUT2D eigenvalue weighted by molar-refractivity contribution is -0.117. The second kappa shape index (κ2) is 6.96. The van der Waals surface area contributed by atoms with Crippen molar-refractivity contribution in [3.63, 3.8) is 0 Å². The molecule has 1 fully saturated rings. The molecule has 1 unspecified atom stereocenters. The zero-order chi connectivity index (χ0) is 18.9. The third-order valence-electron chi connectivity index (χ3n) is 3.51. The number of carbonyl (C=O) groups is 3. The number of hydrogen-bond donors (Lipinski definition) is 1. The van der Waals surface area contributed by atoms with E-state index in [4.69, 9.17) is 4.74 Å². The van der Waals surface area contributed by atoms with E-state index in [9.17, 15) is 22.8 Å². The molecule has 0 bridgehead atoms. The van der Waals surface area contributed by atoms with E-state index in [0.717, 1.165) is 0 Å². The van der Waals surface area contributed by atoms with E-state index in [1.807, 2.05) is 5.32 Å². The third kappa shape index (κ3) is 3.51. The van der Waals surface area contributed by atoms with Crippen LogP contribution in [0, 0.1) is 0 Å². The lowest BCUT2D eigenvalue weighted by Gasteiger charge is -2.10. The fourth-order valence-corrected chi connectivity index (χ4v) is 5.11. The van der Waals surface area contributed by atoms with Crippen LogP contribution in [0.4, 0.5) is 9.59 Å². The highest BCUT2D eigenvalue weighted by Gasteiger charge is 2.42. The van der Waals surface area contributed by atoms with Crippen LogP contribution in [-0.2, 0) is 19.4 Å². The van der Waals surface area contributed by atoms with Crippen LogP contribution in [0.1, 0.15) is 6.92 Å². The number of nitrogens with one attached hydrogen (secondary N) is 1. The maximum absolute atomic E-state index is 12.6. The number of benzene rings is 2. The first kappa shape index (κ1) is 18.2. The molecule has 2 amide bonds. The first-order valence-corrected chi connectivity index (χ1v) is 9.87. The Morgan fingerprint density at radius 1 is 1.15 bits per heavy atom. The molecule has 2 aromatic rings. The Morgan fingerprint density at radius 3 is 2.50 bits per heavy atom. The summed E-state index contributed by atoms with van der Waals surface area (Å²) in [6, 6.07) is 8.90. The van der Waals surface area contributed by atoms with Crippen LogP contribution >= 0.6 is 11.8 Å². The molecule has 2 aromatic carbocycles. The molecule has 136 valence electrons. The number of ether oxygens (including phenoxy) is 2. The van der Waals surface area contributed by atoms with Crippen molar-refractivity contribution in [3.05, 3.63) is 36.4 Å². The molecule has 10 heteroatoms. The van der Waals surface area contributed by atoms with Crippen LogP contribution in [0.5, 0.6) is 5.75 Å². The maximum atomic E-state index is 12.6. The van der Waals surface area contributed by atoms with Gasteiger partial charge in [-0.05, 0) is 53.7 Å². The van der Waals surface area contributed by atoms with Gasteiger partial charge in [0.2, 0.25) is 0 Å². The van der Waals surface area contributed by atoms with Crippen LogP contribution in [0.2, 0.25) is 0 Å². The topological polar surface area (TPSA) is 116 Å². The summed E-state index contributed by atoms with van der Waals surface area (Å²) >= 11 is 0.436. The molecule has 0 aromatic heterocycles. The monoisotopic (exact) mass is 395 g/mol. The maximum Gasteiger partial charge on any atom is 0.513 e. The third-order valence-corrected chi connectivity index (χ3v) is 6.99. The Balaban J connectivity index is 1.91. The summed E-state index contributed by atoms with van der Waals surface area (Å²) < 4.78 is 33.4. The zero-order valence-corrected chi connectivity index (χ0v) is 15.1. The second-order valence-corrected chi connectivity index (χ2v) is 8.64. The summed E-state index contributed by atoms with van der Waals surface area (Å²) in [5.74, 6) is -0.596. The van der Waals surface area contributed by atoms with E-state index in [2.05, 4.69) is 4.74 Å². The highest BCUT2D eigenvalue weighted by Crippen LogP contribution is 2.31. The number of rotatable bonds is 4. The Morgan fingerprint density at radius 2 is 1.85 bits per heavy atom. The summed E-state index contributed by atoms with van der Waals surface area (Å²) in [6.45, 7) is 1.84. The minimum atomic E-state index is -4.02. The van der Waals surface area contributed by atoms with Gasteiger partial charge in [0.05, 0.1) is 11.5 Å². The predicted octanol–water partition coefficient (Wildman–Crippen LogP) is 2.46. The van der Waals surface area contributed by atoms with Crippen molar-refractivity contribution in [1.29, 1.82) is 0 Å². The number of carbonyl (C=O) groups excluding carboxylic acids is 3. The fraction of sp³-hybridized carbons (Fsp3) is 0.188. The lowest BCUT2D eigenvalue weighted by Crippen LogP contribution is -2.30. The number of thioether (sulfide) groups is 1. The van der Waals surface area contributed by atoms with Crippen LogP contribution < -0.4 is 10.1 Å². The molecule has 1 N–H and O–H groups in total. The Bertz CT molecular complexity index is 1020. The normalized spacial score (nSPS) is 17.2. The van der Waals surface area contributed by atoms with Gasteiger partial charge in [0.25, 0.3) is 11.1 Å². The molecule has 3 rings (SSSR count). The fourth-order valence-electron chi connectivity index (χ4n) is 2.35. The zero-order valence-electron chi connectivity index (χ0n) is 13.4. The van der Waals surface area contributed by atoms with Crippen molar-refractivity contribution in [1.82, 2.24) is 5.32 Å². The summed E-state index contributed by atoms with van der Waals surface area (Å²) in [7, 11) is -4.02. The van der Waals surface area contributed by atoms with E-state index in [-0.39, 0.29) is 17.3 Å². The first-order chi connectivity index (χ1) is 12.3. The van der Waals surface area contributed by atoms with Gasteiger partial charge in [-0.2, -0.15) is 0 Å². The van der Waals surface area contributed by atoms with Crippen molar-refractivity contribution in [2.45, 2.75) is 16.4 Å². The van der Waals surface area contributed by atoms with Gasteiger partial charge in [-0.25, -0.2) is 13.2 Å². The van der Waals surface area contributed by atoms with Crippen LogP contribution in [0.25, 0.3) is 10.8 Å². The molecule has 0 spiro atoms. The van der Waals surface area contributed by atoms with E-state index >= 15 is 0 Å². The molecule has 1 heterocycles. The van der Waals surface area contributed by atoms with Gasteiger partial charge in [-0.1, -0.05) is 12.1 Å². The van der Waals surface area contributed by atoms with E-state index in [0.29, 0.717) is 22.5 Å². The largest absolute Gasteiger partial charge is 0.513 e. The molecule has 1 aliphatic heterocycles. The van der Waals surface area contributed by atoms with Gasteiger partial charge < -0.3 is 9.47 Å². The van der Waals surface area contributed by atoms with Crippen LogP contribution in [0.3, 0.4) is 0 Å². The van der Waals surface area contributed by atoms with Crippen molar-refractivity contribution in [2.24, 2.45) is 0 Å². The summed E-state index contributed by atoms with van der Waals surface area (Å²) in [5.41, 5.74) is 0. The lowest BCUT2D eigenvalue weighted by atomic mass is 10.1. The number of hydrogen-bond acceptors (Lipinski definition) is 8. The quantitative estimate of drug-likeness (QED) is 0.620. The van der Waals surface area contributed by atoms with Gasteiger partial charge >= 0.3 is 6.16 Å². The summed E-state index contributed by atoms with van der Waals surface area (Å²) in [6.07, 6.45) is -0.833. The van der Waals surface area contributed by atoms with Crippen LogP contribution in [-0.4, -0.2) is 36.9 Å². The molecule has 0 aliphatic carbocycles. The van der Waals surface area contributed by atoms with E-state index in [1.54, 1.807) is 19.1 Å². The number of fused-ring (bicyclic) bond motifs is 1. The average molecular weight is 395 g/mol. The van der Waals surface area contributed by atoms with Gasteiger partial charge in [0, 0.05) is 0 Å². The van der Waals surface area contributed by atoms with Crippen molar-refractivity contribution in [2.75, 3.05) is 6.61 Å². The Labute approximate surface area is 152 Å². The van der Waals surface area contributed by atoms with E-state index < -0.39 is 31.7 Å². The van der Waals surface area contributed by atoms with Gasteiger partial charge in [-0.15, -0.1) is 0 Å². The minimum Gasteiger partial charge on any atom is -0.434 e. The Kier molecular flexibility index (Phi) is 4.88. The van der Waals surface area contributed by atoms with Crippen molar-refractivity contribution >= 4 is 49.7 Å².